The van der Waals surface area contributed by atoms with E-state index in [1.807, 2.05) is 6.92 Å². The Morgan fingerprint density at radius 1 is 1.29 bits per heavy atom. The van der Waals surface area contributed by atoms with Crippen molar-refractivity contribution in [3.63, 3.8) is 0 Å². The molecule has 134 valence electrons. The summed E-state index contributed by atoms with van der Waals surface area (Å²) in [5.74, 6) is -0.0996. The number of carbonyl (C=O) groups excluding carboxylic acids is 1. The number of nitrogens with one attached hydrogen (secondary N) is 2. The van der Waals surface area contributed by atoms with E-state index in [1.165, 1.54) is 13.2 Å². The summed E-state index contributed by atoms with van der Waals surface area (Å²) in [4.78, 5) is 15.7. The summed E-state index contributed by atoms with van der Waals surface area (Å²) < 4.78 is 34.0. The first kappa shape index (κ1) is 19.7. The van der Waals surface area contributed by atoms with Gasteiger partial charge in [-0.1, -0.05) is 25.1 Å². The first-order valence-electron chi connectivity index (χ1n) is 7.60. The van der Waals surface area contributed by atoms with Gasteiger partial charge >= 0.3 is 12.6 Å². The first-order chi connectivity index (χ1) is 11.5. The molecule has 0 heterocycles. The van der Waals surface area contributed by atoms with Crippen LogP contribution in [0.25, 0.3) is 0 Å². The molecule has 0 spiro atoms. The smallest absolute Gasteiger partial charge is 0.387 e. The molecule has 1 aromatic rings. The summed E-state index contributed by atoms with van der Waals surface area (Å²) in [6.45, 7) is 1.86. The van der Waals surface area contributed by atoms with Gasteiger partial charge < -0.3 is 20.1 Å². The number of benzene rings is 1. The lowest BCUT2D eigenvalue weighted by Gasteiger charge is -2.15. The molecule has 0 radical (unpaired) electrons. The van der Waals surface area contributed by atoms with Crippen LogP contribution in [0.5, 0.6) is 5.75 Å². The van der Waals surface area contributed by atoms with E-state index in [0.29, 0.717) is 24.6 Å². The van der Waals surface area contributed by atoms with Crippen molar-refractivity contribution in [3.8, 4) is 5.75 Å². The number of carbonyl (C=O) groups is 1. The van der Waals surface area contributed by atoms with Gasteiger partial charge in [0.1, 0.15) is 5.75 Å². The molecule has 1 atom stereocenters. The van der Waals surface area contributed by atoms with Crippen LogP contribution < -0.4 is 15.4 Å². The van der Waals surface area contributed by atoms with Gasteiger partial charge in [-0.2, -0.15) is 8.78 Å². The van der Waals surface area contributed by atoms with Gasteiger partial charge in [0.25, 0.3) is 0 Å². The Labute approximate surface area is 140 Å². The molecule has 0 saturated heterocycles. The largest absolute Gasteiger partial charge is 0.469 e. The van der Waals surface area contributed by atoms with Crippen LogP contribution in [0, 0.1) is 5.92 Å². The van der Waals surface area contributed by atoms with Crippen molar-refractivity contribution in [1.29, 1.82) is 0 Å². The molecule has 0 aliphatic rings. The second kappa shape index (κ2) is 10.4. The zero-order chi connectivity index (χ0) is 17.9. The number of rotatable bonds is 8. The number of halogens is 2. The van der Waals surface area contributed by atoms with Gasteiger partial charge in [0.2, 0.25) is 0 Å². The third-order valence-corrected chi connectivity index (χ3v) is 3.12. The fourth-order valence-electron chi connectivity index (χ4n) is 1.89. The molecule has 8 heteroatoms. The highest BCUT2D eigenvalue weighted by molar-refractivity contribution is 5.80. The van der Waals surface area contributed by atoms with Gasteiger partial charge in [-0.3, -0.25) is 4.79 Å². The summed E-state index contributed by atoms with van der Waals surface area (Å²) in [5, 5.41) is 6.04. The average Bonchev–Trinajstić information content (AvgIpc) is 2.56. The molecular weight excluding hydrogens is 320 g/mol. The average molecular weight is 343 g/mol. The number of ether oxygens (including phenoxy) is 2. The highest BCUT2D eigenvalue weighted by Crippen LogP contribution is 2.20. The van der Waals surface area contributed by atoms with Crippen LogP contribution in [-0.2, 0) is 16.1 Å². The number of esters is 1. The van der Waals surface area contributed by atoms with Crippen molar-refractivity contribution in [1.82, 2.24) is 10.6 Å². The standard InChI is InChI=1S/C16H23F2N3O3/c1-4-19-16(20-9-11(2)14(22)23-3)21-10-12-7-5-6-8-13(12)24-15(17)18/h5-8,11,15H,4,9-10H2,1-3H3,(H2,19,20,21). The number of nitrogens with zero attached hydrogens (tertiary/aromatic N) is 1. The molecule has 0 aromatic heterocycles. The zero-order valence-corrected chi connectivity index (χ0v) is 14.0. The van der Waals surface area contributed by atoms with E-state index in [2.05, 4.69) is 25.1 Å². The summed E-state index contributed by atoms with van der Waals surface area (Å²) in [6.07, 6.45) is 0. The van der Waals surface area contributed by atoms with E-state index < -0.39 is 6.61 Å². The maximum atomic E-state index is 12.4. The second-order valence-corrected chi connectivity index (χ2v) is 4.99. The lowest BCUT2D eigenvalue weighted by atomic mass is 10.2. The van der Waals surface area contributed by atoms with Crippen LogP contribution >= 0.6 is 0 Å². The van der Waals surface area contributed by atoms with Crippen molar-refractivity contribution in [2.24, 2.45) is 10.9 Å². The van der Waals surface area contributed by atoms with Crippen LogP contribution in [0.3, 0.4) is 0 Å². The van der Waals surface area contributed by atoms with Crippen LogP contribution in [0.4, 0.5) is 8.78 Å². The third kappa shape index (κ3) is 6.80. The van der Waals surface area contributed by atoms with Crippen LogP contribution in [0.15, 0.2) is 29.3 Å². The number of alkyl halides is 2. The van der Waals surface area contributed by atoms with E-state index in [9.17, 15) is 13.6 Å². The number of aliphatic imine (C=N–C) groups is 1. The lowest BCUT2D eigenvalue weighted by molar-refractivity contribution is -0.144. The quantitative estimate of drug-likeness (QED) is 0.430. The van der Waals surface area contributed by atoms with Crippen molar-refractivity contribution in [3.05, 3.63) is 29.8 Å². The van der Waals surface area contributed by atoms with Gasteiger partial charge in [-0.15, -0.1) is 0 Å². The minimum Gasteiger partial charge on any atom is -0.469 e. The SMILES string of the molecule is CCNC(=NCc1ccccc1OC(F)F)NCC(C)C(=O)OC. The molecule has 2 N–H and O–H groups in total. The minimum absolute atomic E-state index is 0.0926. The van der Waals surface area contributed by atoms with Crippen molar-refractivity contribution in [2.75, 3.05) is 20.2 Å². The highest BCUT2D eigenvalue weighted by atomic mass is 19.3. The maximum absolute atomic E-state index is 12.4. The zero-order valence-electron chi connectivity index (χ0n) is 14.0. The Hall–Kier alpha value is -2.38. The minimum atomic E-state index is -2.89. The molecule has 0 aliphatic carbocycles. The van der Waals surface area contributed by atoms with Crippen molar-refractivity contribution >= 4 is 11.9 Å². The van der Waals surface area contributed by atoms with Crippen LogP contribution in [-0.4, -0.2) is 38.7 Å². The predicted octanol–water partition coefficient (Wildman–Crippen LogP) is 2.15. The van der Waals surface area contributed by atoms with E-state index in [1.54, 1.807) is 25.1 Å². The van der Waals surface area contributed by atoms with Crippen molar-refractivity contribution in [2.45, 2.75) is 27.0 Å². The summed E-state index contributed by atoms with van der Waals surface area (Å²) >= 11 is 0. The van der Waals surface area contributed by atoms with Gasteiger partial charge in [-0.05, 0) is 13.0 Å². The molecule has 0 amide bonds. The molecule has 0 saturated carbocycles. The Morgan fingerprint density at radius 3 is 2.62 bits per heavy atom. The summed E-state index contributed by atoms with van der Waals surface area (Å²) in [7, 11) is 1.33. The molecule has 24 heavy (non-hydrogen) atoms. The molecular formula is C16H23F2N3O3. The fourth-order valence-corrected chi connectivity index (χ4v) is 1.89. The number of hydrogen-bond donors (Lipinski definition) is 2. The highest BCUT2D eigenvalue weighted by Gasteiger charge is 2.13. The molecule has 6 nitrogen and oxygen atoms in total. The van der Waals surface area contributed by atoms with Gasteiger partial charge in [-0.25, -0.2) is 4.99 Å². The molecule has 1 unspecified atom stereocenters. The van der Waals surface area contributed by atoms with Crippen molar-refractivity contribution < 1.29 is 23.0 Å². The van der Waals surface area contributed by atoms with E-state index in [4.69, 9.17) is 0 Å². The number of hydrogen-bond acceptors (Lipinski definition) is 4. The molecule has 0 fully saturated rings. The third-order valence-electron chi connectivity index (χ3n) is 3.12. The first-order valence-corrected chi connectivity index (χ1v) is 7.60. The van der Waals surface area contributed by atoms with E-state index >= 15 is 0 Å². The number of methoxy groups -OCH3 is 1. The van der Waals surface area contributed by atoms with Crippen LogP contribution in [0.1, 0.15) is 19.4 Å². The van der Waals surface area contributed by atoms with Crippen LogP contribution in [0.2, 0.25) is 0 Å². The van der Waals surface area contributed by atoms with Gasteiger partial charge in [0.05, 0.1) is 19.6 Å². The maximum Gasteiger partial charge on any atom is 0.387 e. The molecule has 1 rings (SSSR count). The normalized spacial score (nSPS) is 12.7. The Kier molecular flexibility index (Phi) is 8.53. The number of para-hydroxylation sites is 1. The topological polar surface area (TPSA) is 72.0 Å². The van der Waals surface area contributed by atoms with Gasteiger partial charge in [0.15, 0.2) is 5.96 Å². The Balaban J connectivity index is 2.74. The van der Waals surface area contributed by atoms with E-state index in [-0.39, 0.29) is 24.2 Å². The van der Waals surface area contributed by atoms with E-state index in [0.717, 1.165) is 0 Å². The predicted molar refractivity (Wildman–Crippen MR) is 87.1 cm³/mol. The lowest BCUT2D eigenvalue weighted by Crippen LogP contribution is -2.40. The molecule has 1 aromatic carbocycles. The molecule has 0 bridgehead atoms. The Morgan fingerprint density at radius 2 is 2.00 bits per heavy atom. The second-order valence-electron chi connectivity index (χ2n) is 4.99. The fraction of sp³-hybridized carbons (Fsp3) is 0.500. The molecule has 0 aliphatic heterocycles. The van der Waals surface area contributed by atoms with Gasteiger partial charge in [0, 0.05) is 18.7 Å². The number of guanidine groups is 1. The monoisotopic (exact) mass is 343 g/mol. The Bertz CT molecular complexity index is 553. The summed E-state index contributed by atoms with van der Waals surface area (Å²) in [5.41, 5.74) is 0.538. The summed E-state index contributed by atoms with van der Waals surface area (Å²) in [6, 6.07) is 6.48.